The zero-order chi connectivity index (χ0) is 25.9. The molecule has 2 aliphatic rings. The fraction of sp³-hybridized carbons (Fsp3) is 0.176. The van der Waals surface area contributed by atoms with Crippen molar-refractivity contribution < 1.29 is 36.4 Å². The second kappa shape index (κ2) is 15.2. The molecule has 0 unspecified atom stereocenters. The molecule has 0 saturated heterocycles. The Kier molecular flexibility index (Phi) is 12.3. The van der Waals surface area contributed by atoms with Crippen LogP contribution in [0.1, 0.15) is 35.1 Å². The van der Waals surface area contributed by atoms with Crippen LogP contribution in [-0.4, -0.2) is 10.2 Å². The molecule has 0 fully saturated rings. The fourth-order valence-corrected chi connectivity index (χ4v) is 3.97. The largest absolute Gasteiger partial charge is 2.00 e. The molecule has 2 aliphatic carbocycles. The van der Waals surface area contributed by atoms with Gasteiger partial charge < -0.3 is 10.2 Å². The second-order valence-electron chi connectivity index (χ2n) is 8.81. The standard InChI is InChI=1S/2C12H12O.2C5H5.Zr/c2*1-8-4-3-5-10-7-6-9(2)12(13)11(8)10;2*1-2-4-5-3-1;/h2*3-7,13H,1-2H3;2*1-3H,4H2;/q;;2*-1;+2. The van der Waals surface area contributed by atoms with E-state index in [0.717, 1.165) is 56.6 Å². The number of hydrogen-bond acceptors (Lipinski definition) is 2. The molecule has 0 bridgehead atoms. The van der Waals surface area contributed by atoms with Gasteiger partial charge in [0.05, 0.1) is 0 Å². The van der Waals surface area contributed by atoms with Crippen LogP contribution in [0.2, 0.25) is 0 Å². The molecule has 186 valence electrons. The van der Waals surface area contributed by atoms with Crippen LogP contribution >= 0.6 is 0 Å². The van der Waals surface area contributed by atoms with E-state index < -0.39 is 0 Å². The van der Waals surface area contributed by atoms with Gasteiger partial charge >= 0.3 is 26.2 Å². The van der Waals surface area contributed by atoms with E-state index in [-0.39, 0.29) is 26.2 Å². The normalized spacial score (nSPS) is 12.2. The zero-order valence-corrected chi connectivity index (χ0v) is 24.5. The maximum atomic E-state index is 9.84. The Balaban J connectivity index is 0.000000187. The van der Waals surface area contributed by atoms with Crippen molar-refractivity contribution in [2.75, 3.05) is 0 Å². The Morgan fingerprint density at radius 1 is 0.541 bits per heavy atom. The monoisotopic (exact) mass is 564 g/mol. The molecule has 0 radical (unpaired) electrons. The number of allylic oxidation sites excluding steroid dienone is 8. The van der Waals surface area contributed by atoms with E-state index in [2.05, 4.69) is 24.3 Å². The van der Waals surface area contributed by atoms with Crippen molar-refractivity contribution in [2.45, 2.75) is 40.5 Å². The predicted molar refractivity (Wildman–Crippen MR) is 153 cm³/mol. The molecule has 0 aliphatic heterocycles. The van der Waals surface area contributed by atoms with Gasteiger partial charge in [-0.2, -0.15) is 12.2 Å². The molecule has 4 aromatic carbocycles. The van der Waals surface area contributed by atoms with Gasteiger partial charge in [0, 0.05) is 10.8 Å². The van der Waals surface area contributed by atoms with Crippen LogP contribution in [0, 0.1) is 39.8 Å². The first-order valence-electron chi connectivity index (χ1n) is 12.2. The van der Waals surface area contributed by atoms with E-state index in [9.17, 15) is 10.2 Å². The van der Waals surface area contributed by atoms with E-state index in [1.165, 1.54) is 0 Å². The number of phenols is 2. The molecule has 4 aromatic rings. The van der Waals surface area contributed by atoms with E-state index in [4.69, 9.17) is 0 Å². The third-order valence-corrected chi connectivity index (χ3v) is 6.03. The van der Waals surface area contributed by atoms with Gasteiger partial charge in [-0.05, 0) is 60.7 Å². The minimum Gasteiger partial charge on any atom is -0.507 e. The average molecular weight is 566 g/mol. The summed E-state index contributed by atoms with van der Waals surface area (Å²) in [6.45, 7) is 7.87. The first-order chi connectivity index (χ1) is 17.4. The molecule has 0 aromatic heterocycles. The topological polar surface area (TPSA) is 40.5 Å². The van der Waals surface area contributed by atoms with Gasteiger partial charge in [0.15, 0.2) is 0 Å². The summed E-state index contributed by atoms with van der Waals surface area (Å²) in [5.41, 5.74) is 4.11. The van der Waals surface area contributed by atoms with E-state index in [1.807, 2.05) is 113 Å². The Labute approximate surface area is 240 Å². The van der Waals surface area contributed by atoms with Crippen molar-refractivity contribution in [3.63, 3.8) is 0 Å². The fourth-order valence-electron chi connectivity index (χ4n) is 3.97. The summed E-state index contributed by atoms with van der Waals surface area (Å²) in [5, 5.41) is 23.8. The maximum Gasteiger partial charge on any atom is 2.00 e. The number of fused-ring (bicyclic) bond motifs is 2. The van der Waals surface area contributed by atoms with Gasteiger partial charge in [0.1, 0.15) is 11.5 Å². The molecular formula is C34H34O2Zr. The summed E-state index contributed by atoms with van der Waals surface area (Å²) in [7, 11) is 0. The number of benzene rings is 4. The average Bonchev–Trinajstić information content (AvgIpc) is 3.64. The van der Waals surface area contributed by atoms with Gasteiger partial charge in [-0.25, -0.2) is 24.3 Å². The maximum absolute atomic E-state index is 9.84. The predicted octanol–water partition coefficient (Wildman–Crippen LogP) is 8.93. The van der Waals surface area contributed by atoms with Crippen molar-refractivity contribution in [3.8, 4) is 11.5 Å². The minimum atomic E-state index is 0. The number of aryl methyl sites for hydroxylation is 4. The number of phenolic OH excluding ortho intramolecular Hbond substituents is 2. The van der Waals surface area contributed by atoms with E-state index in [0.29, 0.717) is 11.5 Å². The molecule has 0 heterocycles. The van der Waals surface area contributed by atoms with Gasteiger partial charge in [0.25, 0.3) is 0 Å². The van der Waals surface area contributed by atoms with Gasteiger partial charge in [-0.3, -0.25) is 12.2 Å². The molecule has 6 rings (SSSR count). The third-order valence-electron chi connectivity index (χ3n) is 6.03. The van der Waals surface area contributed by atoms with E-state index in [1.54, 1.807) is 0 Å². The van der Waals surface area contributed by atoms with Crippen molar-refractivity contribution in [1.82, 2.24) is 0 Å². The van der Waals surface area contributed by atoms with Crippen molar-refractivity contribution in [1.29, 1.82) is 0 Å². The first-order valence-corrected chi connectivity index (χ1v) is 12.2. The summed E-state index contributed by atoms with van der Waals surface area (Å²) in [5.74, 6) is 0.825. The molecule has 0 saturated carbocycles. The zero-order valence-electron chi connectivity index (χ0n) is 22.0. The first kappa shape index (κ1) is 30.1. The molecule has 2 N–H and O–H groups in total. The van der Waals surface area contributed by atoms with Crippen LogP contribution in [-0.2, 0) is 26.2 Å². The molecule has 0 amide bonds. The number of aromatic hydroxyl groups is 2. The summed E-state index contributed by atoms with van der Waals surface area (Å²) >= 11 is 0. The Hall–Kier alpha value is -3.16. The number of hydrogen-bond donors (Lipinski definition) is 2. The van der Waals surface area contributed by atoms with Gasteiger partial charge in [0.2, 0.25) is 0 Å². The van der Waals surface area contributed by atoms with Crippen LogP contribution < -0.4 is 0 Å². The van der Waals surface area contributed by atoms with Crippen LogP contribution in [0.5, 0.6) is 11.5 Å². The Morgan fingerprint density at radius 3 is 1.24 bits per heavy atom. The minimum absolute atomic E-state index is 0. The smallest absolute Gasteiger partial charge is 0.507 e. The SMILES string of the molecule is Cc1ccc2cccc(C)c2c1O.Cc1ccc2cccc(C)c2c1O.[C-]1=CC=CC1.[C-]1=CC=CC1.[Zr+2]. The van der Waals surface area contributed by atoms with Gasteiger partial charge in [-0.15, -0.1) is 12.8 Å². The Bertz CT molecular complexity index is 1310. The summed E-state index contributed by atoms with van der Waals surface area (Å²) in [6.07, 6.45) is 20.0. The van der Waals surface area contributed by atoms with Crippen LogP contribution in [0.25, 0.3) is 21.5 Å². The summed E-state index contributed by atoms with van der Waals surface area (Å²) in [4.78, 5) is 0. The third kappa shape index (κ3) is 8.44. The molecular weight excluding hydrogens is 532 g/mol. The molecule has 2 nitrogen and oxygen atoms in total. The molecule has 3 heteroatoms. The molecule has 0 spiro atoms. The van der Waals surface area contributed by atoms with Crippen molar-refractivity contribution in [3.05, 3.63) is 132 Å². The van der Waals surface area contributed by atoms with E-state index >= 15 is 0 Å². The van der Waals surface area contributed by atoms with Crippen molar-refractivity contribution >= 4 is 21.5 Å². The quantitative estimate of drug-likeness (QED) is 0.209. The van der Waals surface area contributed by atoms with Crippen LogP contribution in [0.15, 0.2) is 97.1 Å². The molecule has 37 heavy (non-hydrogen) atoms. The summed E-state index contributed by atoms with van der Waals surface area (Å²) < 4.78 is 0. The molecule has 0 atom stereocenters. The summed E-state index contributed by atoms with van der Waals surface area (Å²) in [6, 6.07) is 20.0. The van der Waals surface area contributed by atoms with Crippen LogP contribution in [0.4, 0.5) is 0 Å². The number of rotatable bonds is 0. The van der Waals surface area contributed by atoms with Crippen molar-refractivity contribution in [2.24, 2.45) is 0 Å². The second-order valence-corrected chi connectivity index (χ2v) is 8.81. The van der Waals surface area contributed by atoms with Crippen LogP contribution in [0.3, 0.4) is 0 Å². The van der Waals surface area contributed by atoms with Gasteiger partial charge in [-0.1, -0.05) is 60.7 Å². The Morgan fingerprint density at radius 2 is 0.946 bits per heavy atom.